The molecular formula is C24H21NO4. The van der Waals surface area contributed by atoms with Crippen molar-refractivity contribution in [3.63, 3.8) is 0 Å². The van der Waals surface area contributed by atoms with Gasteiger partial charge in [-0.15, -0.1) is 0 Å². The zero-order chi connectivity index (χ0) is 20.4. The normalized spacial score (nSPS) is 11.0. The summed E-state index contributed by atoms with van der Waals surface area (Å²) in [6, 6.07) is 20.8. The van der Waals surface area contributed by atoms with Crippen molar-refractivity contribution in [1.82, 2.24) is 4.57 Å². The first-order chi connectivity index (χ1) is 14.0. The summed E-state index contributed by atoms with van der Waals surface area (Å²) in [5.41, 5.74) is 4.17. The van der Waals surface area contributed by atoms with E-state index in [0.717, 1.165) is 22.3 Å². The summed E-state index contributed by atoms with van der Waals surface area (Å²) in [6.07, 6.45) is 0. The molecule has 0 saturated heterocycles. The van der Waals surface area contributed by atoms with Crippen LogP contribution in [0.5, 0.6) is 0 Å². The molecule has 0 amide bonds. The van der Waals surface area contributed by atoms with Gasteiger partial charge in [0.05, 0.1) is 0 Å². The summed E-state index contributed by atoms with van der Waals surface area (Å²) in [5, 5.41) is 0.815. The first-order valence-corrected chi connectivity index (χ1v) is 9.42. The topological polar surface area (TPSA) is 61.4 Å². The Hall–Kier alpha value is -3.60. The number of aryl methyl sites for hydroxylation is 1. The van der Waals surface area contributed by atoms with Crippen LogP contribution in [0.15, 0.2) is 71.1 Å². The molecule has 4 aromatic rings. The van der Waals surface area contributed by atoms with Crippen LogP contribution in [-0.4, -0.2) is 22.9 Å². The van der Waals surface area contributed by atoms with Crippen molar-refractivity contribution in [2.24, 2.45) is 0 Å². The lowest BCUT2D eigenvalue weighted by molar-refractivity contribution is 0.0446. The molecule has 0 fully saturated rings. The van der Waals surface area contributed by atoms with Crippen LogP contribution in [0.4, 0.5) is 0 Å². The highest BCUT2D eigenvalue weighted by molar-refractivity contribution is 6.00. The zero-order valence-corrected chi connectivity index (χ0v) is 16.3. The van der Waals surface area contributed by atoms with Crippen molar-refractivity contribution < 1.29 is 18.7 Å². The molecule has 0 bridgehead atoms. The second-order valence-electron chi connectivity index (χ2n) is 7.00. The standard InChI is InChI=1S/C24H21NO4/c1-16-12-20(17(2)25(16)14-18-8-4-3-5-9-18)21(26)15-28-24(27)23-13-19-10-6-7-11-22(19)29-23/h3-13H,14-15H2,1-2H3. The van der Waals surface area contributed by atoms with E-state index in [1.165, 1.54) is 0 Å². The molecule has 0 unspecified atom stereocenters. The van der Waals surface area contributed by atoms with E-state index in [1.807, 2.05) is 56.3 Å². The van der Waals surface area contributed by atoms with Gasteiger partial charge < -0.3 is 13.7 Å². The number of ether oxygens (including phenoxy) is 1. The third kappa shape index (κ3) is 3.85. The number of benzene rings is 2. The number of carbonyl (C=O) groups is 2. The molecule has 2 heterocycles. The van der Waals surface area contributed by atoms with E-state index < -0.39 is 5.97 Å². The van der Waals surface area contributed by atoms with Crippen molar-refractivity contribution in [2.45, 2.75) is 20.4 Å². The van der Waals surface area contributed by atoms with Crippen molar-refractivity contribution in [3.8, 4) is 0 Å². The quantitative estimate of drug-likeness (QED) is 0.347. The molecule has 0 atom stereocenters. The highest BCUT2D eigenvalue weighted by Crippen LogP contribution is 2.20. The maximum atomic E-state index is 12.7. The summed E-state index contributed by atoms with van der Waals surface area (Å²) in [5.74, 6) is -0.789. The molecule has 5 nitrogen and oxygen atoms in total. The summed E-state index contributed by atoms with van der Waals surface area (Å²) in [6.45, 7) is 4.23. The molecule has 29 heavy (non-hydrogen) atoms. The lowest BCUT2D eigenvalue weighted by Gasteiger charge is -2.10. The predicted octanol–water partition coefficient (Wildman–Crippen LogP) is 4.94. The van der Waals surface area contributed by atoms with Crippen LogP contribution in [0, 0.1) is 13.8 Å². The molecule has 0 aliphatic heterocycles. The third-order valence-corrected chi connectivity index (χ3v) is 5.02. The fourth-order valence-corrected chi connectivity index (χ4v) is 3.46. The minimum Gasteiger partial charge on any atom is -0.451 e. The summed E-state index contributed by atoms with van der Waals surface area (Å²) >= 11 is 0. The highest BCUT2D eigenvalue weighted by Gasteiger charge is 2.19. The SMILES string of the molecule is Cc1cc(C(=O)COC(=O)c2cc3ccccc3o2)c(C)n1Cc1ccccc1. The maximum absolute atomic E-state index is 12.7. The monoisotopic (exact) mass is 387 g/mol. The van der Waals surface area contributed by atoms with Gasteiger partial charge in [-0.1, -0.05) is 48.5 Å². The molecule has 4 rings (SSSR count). The van der Waals surface area contributed by atoms with E-state index in [-0.39, 0.29) is 18.2 Å². The molecule has 0 N–H and O–H groups in total. The number of carbonyl (C=O) groups excluding carboxylic acids is 2. The molecule has 0 aliphatic carbocycles. The predicted molar refractivity (Wildman–Crippen MR) is 110 cm³/mol. The van der Waals surface area contributed by atoms with E-state index in [0.29, 0.717) is 17.7 Å². The van der Waals surface area contributed by atoms with Crippen molar-refractivity contribution in [2.75, 3.05) is 6.61 Å². The van der Waals surface area contributed by atoms with E-state index in [2.05, 4.69) is 16.7 Å². The van der Waals surface area contributed by atoms with Crippen molar-refractivity contribution in [3.05, 3.63) is 95.0 Å². The van der Waals surface area contributed by atoms with Gasteiger partial charge in [0.1, 0.15) is 5.58 Å². The number of furan rings is 1. The van der Waals surface area contributed by atoms with Gasteiger partial charge in [-0.2, -0.15) is 0 Å². The van der Waals surface area contributed by atoms with Crippen LogP contribution >= 0.6 is 0 Å². The number of hydrogen-bond donors (Lipinski definition) is 0. The number of Topliss-reactive ketones (excluding diaryl/α,β-unsaturated/α-hetero) is 1. The Bertz CT molecular complexity index is 1150. The van der Waals surface area contributed by atoms with Gasteiger partial charge in [0, 0.05) is 28.9 Å². The van der Waals surface area contributed by atoms with Crippen LogP contribution in [0.2, 0.25) is 0 Å². The van der Waals surface area contributed by atoms with E-state index in [1.54, 1.807) is 12.1 Å². The lowest BCUT2D eigenvalue weighted by atomic mass is 10.1. The number of nitrogens with zero attached hydrogens (tertiary/aromatic N) is 1. The molecule has 146 valence electrons. The Morgan fingerprint density at radius 2 is 1.69 bits per heavy atom. The van der Waals surface area contributed by atoms with Gasteiger partial charge >= 0.3 is 5.97 Å². The van der Waals surface area contributed by atoms with E-state index in [9.17, 15) is 9.59 Å². The average molecular weight is 387 g/mol. The second kappa shape index (κ2) is 7.80. The average Bonchev–Trinajstić information content (AvgIpc) is 3.29. The number of fused-ring (bicyclic) bond motifs is 1. The van der Waals surface area contributed by atoms with Crippen LogP contribution < -0.4 is 0 Å². The Balaban J connectivity index is 1.45. The van der Waals surface area contributed by atoms with Crippen LogP contribution in [-0.2, 0) is 11.3 Å². The summed E-state index contributed by atoms with van der Waals surface area (Å²) < 4.78 is 12.8. The smallest absolute Gasteiger partial charge is 0.374 e. The van der Waals surface area contributed by atoms with Gasteiger partial charge in [0.2, 0.25) is 11.5 Å². The summed E-state index contributed by atoms with van der Waals surface area (Å²) in [4.78, 5) is 24.9. The van der Waals surface area contributed by atoms with Crippen LogP contribution in [0.3, 0.4) is 0 Å². The highest BCUT2D eigenvalue weighted by atomic mass is 16.5. The number of aromatic nitrogens is 1. The molecule has 0 spiro atoms. The first-order valence-electron chi connectivity index (χ1n) is 9.42. The number of para-hydroxylation sites is 1. The minimum absolute atomic E-state index is 0.0913. The minimum atomic E-state index is -0.646. The Labute approximate surface area is 168 Å². The fourth-order valence-electron chi connectivity index (χ4n) is 3.46. The molecule has 0 radical (unpaired) electrons. The lowest BCUT2D eigenvalue weighted by Crippen LogP contribution is -2.15. The zero-order valence-electron chi connectivity index (χ0n) is 16.3. The molecule has 2 aromatic carbocycles. The number of esters is 1. The Morgan fingerprint density at radius 3 is 2.45 bits per heavy atom. The number of rotatable bonds is 6. The third-order valence-electron chi connectivity index (χ3n) is 5.02. The van der Waals surface area contributed by atoms with Crippen molar-refractivity contribution in [1.29, 1.82) is 0 Å². The summed E-state index contributed by atoms with van der Waals surface area (Å²) in [7, 11) is 0. The van der Waals surface area contributed by atoms with Gasteiger partial charge in [0.25, 0.3) is 0 Å². The van der Waals surface area contributed by atoms with Gasteiger partial charge in [0.15, 0.2) is 6.61 Å². The van der Waals surface area contributed by atoms with E-state index in [4.69, 9.17) is 9.15 Å². The second-order valence-corrected chi connectivity index (χ2v) is 7.00. The van der Waals surface area contributed by atoms with Gasteiger partial charge in [-0.3, -0.25) is 4.79 Å². The van der Waals surface area contributed by atoms with Gasteiger partial charge in [-0.05, 0) is 37.6 Å². The maximum Gasteiger partial charge on any atom is 0.374 e. The Kier molecular flexibility index (Phi) is 5.04. The Morgan fingerprint density at radius 1 is 0.966 bits per heavy atom. The molecule has 5 heteroatoms. The number of ketones is 1. The molecule has 0 saturated carbocycles. The largest absolute Gasteiger partial charge is 0.451 e. The fraction of sp³-hybridized carbons (Fsp3) is 0.167. The van der Waals surface area contributed by atoms with Crippen LogP contribution in [0.25, 0.3) is 11.0 Å². The van der Waals surface area contributed by atoms with Crippen LogP contribution in [0.1, 0.15) is 37.9 Å². The van der Waals surface area contributed by atoms with Gasteiger partial charge in [-0.25, -0.2) is 4.79 Å². The number of hydrogen-bond acceptors (Lipinski definition) is 4. The van der Waals surface area contributed by atoms with E-state index >= 15 is 0 Å². The molecular weight excluding hydrogens is 366 g/mol. The molecule has 2 aromatic heterocycles. The first kappa shape index (κ1) is 18.7. The molecule has 0 aliphatic rings. The van der Waals surface area contributed by atoms with Crippen molar-refractivity contribution >= 4 is 22.7 Å².